The minimum Gasteiger partial charge on any atom is -0.480 e. The third-order valence-electron chi connectivity index (χ3n) is 3.90. The highest BCUT2D eigenvalue weighted by molar-refractivity contribution is 7.99. The lowest BCUT2D eigenvalue weighted by atomic mass is 10.1. The van der Waals surface area contributed by atoms with Crippen molar-refractivity contribution >= 4 is 23.8 Å². The first-order valence-electron chi connectivity index (χ1n) is 9.55. The average molecular weight is 413 g/mol. The number of aliphatic carboxylic acids is 1. The normalized spacial score (nSPS) is 12.6. The van der Waals surface area contributed by atoms with Crippen LogP contribution in [0.2, 0.25) is 0 Å². The van der Waals surface area contributed by atoms with Gasteiger partial charge in [0, 0.05) is 18.1 Å². The Balaban J connectivity index is 0. The molecule has 0 heterocycles. The first-order chi connectivity index (χ1) is 12.8. The van der Waals surface area contributed by atoms with Crippen LogP contribution in [0.25, 0.3) is 0 Å². The number of hydrogen-bond acceptors (Lipinski definition) is 3. The Labute approximate surface area is 176 Å². The molecule has 0 saturated heterocycles. The Morgan fingerprint density at radius 1 is 1.00 bits per heavy atom. The SMILES string of the molecule is C.CCNC(=O)N[C@@H](CSC/C=C(\C)CC/C=C(\C)CCC=C(C)C)C(=O)O. The molecule has 28 heavy (non-hydrogen) atoms. The van der Waals surface area contributed by atoms with Gasteiger partial charge in [0.1, 0.15) is 6.04 Å². The van der Waals surface area contributed by atoms with E-state index in [1.165, 1.54) is 28.5 Å². The molecule has 3 N–H and O–H groups in total. The molecular formula is C22H40N2O3S. The van der Waals surface area contributed by atoms with E-state index in [2.05, 4.69) is 56.6 Å². The van der Waals surface area contributed by atoms with Gasteiger partial charge in [-0.05, 0) is 60.3 Å². The number of nitrogens with one attached hydrogen (secondary N) is 2. The second-order valence-corrected chi connectivity index (χ2v) is 7.97. The zero-order valence-electron chi connectivity index (χ0n) is 17.4. The molecule has 0 bridgehead atoms. The molecule has 1 atom stereocenters. The molecule has 2 amide bonds. The number of carboxylic acids is 1. The summed E-state index contributed by atoms with van der Waals surface area (Å²) in [5.74, 6) is 0.0819. The van der Waals surface area contributed by atoms with Gasteiger partial charge in [0.05, 0.1) is 0 Å². The number of allylic oxidation sites excluding steroid dienone is 5. The van der Waals surface area contributed by atoms with E-state index in [9.17, 15) is 14.7 Å². The van der Waals surface area contributed by atoms with Gasteiger partial charge in [-0.2, -0.15) is 11.8 Å². The van der Waals surface area contributed by atoms with E-state index < -0.39 is 18.0 Å². The summed E-state index contributed by atoms with van der Waals surface area (Å²) in [5.41, 5.74) is 4.10. The van der Waals surface area contributed by atoms with Gasteiger partial charge >= 0.3 is 12.0 Å². The van der Waals surface area contributed by atoms with Crippen molar-refractivity contribution in [1.29, 1.82) is 0 Å². The van der Waals surface area contributed by atoms with Gasteiger partial charge in [0.25, 0.3) is 0 Å². The van der Waals surface area contributed by atoms with Crippen LogP contribution in [0.15, 0.2) is 34.9 Å². The molecule has 0 aliphatic heterocycles. The van der Waals surface area contributed by atoms with Gasteiger partial charge in [-0.1, -0.05) is 42.4 Å². The standard InChI is InChI=1S/C21H36N2O3S.CH4/c1-6-22-21(26)23-19(20(24)25)15-27-14-13-18(5)12-8-11-17(4)10-7-9-16(2)3;/h9,11,13,19H,6-8,10,12,14-15H2,1-5H3,(H,24,25)(H2,22,23,26);1H4/b17-11+,18-13+;/t19-;/m0./s1. The Hall–Kier alpha value is -1.69. The van der Waals surface area contributed by atoms with Crippen molar-refractivity contribution in [2.24, 2.45) is 0 Å². The van der Waals surface area contributed by atoms with E-state index in [-0.39, 0.29) is 7.43 Å². The van der Waals surface area contributed by atoms with Crippen molar-refractivity contribution in [3.05, 3.63) is 34.9 Å². The van der Waals surface area contributed by atoms with Gasteiger partial charge < -0.3 is 15.7 Å². The highest BCUT2D eigenvalue weighted by Crippen LogP contribution is 2.13. The third-order valence-corrected chi connectivity index (χ3v) is 4.87. The van der Waals surface area contributed by atoms with Crippen LogP contribution in [-0.4, -0.2) is 41.2 Å². The predicted molar refractivity (Wildman–Crippen MR) is 123 cm³/mol. The summed E-state index contributed by atoms with van der Waals surface area (Å²) in [6.07, 6.45) is 11.0. The minimum absolute atomic E-state index is 0. The number of rotatable bonds is 13. The van der Waals surface area contributed by atoms with E-state index in [1.54, 1.807) is 6.92 Å². The molecule has 0 aliphatic carbocycles. The topological polar surface area (TPSA) is 78.4 Å². The van der Waals surface area contributed by atoms with Crippen molar-refractivity contribution in [2.75, 3.05) is 18.1 Å². The number of amides is 2. The van der Waals surface area contributed by atoms with Crippen LogP contribution in [0.1, 0.15) is 67.7 Å². The Morgan fingerprint density at radius 3 is 2.11 bits per heavy atom. The number of carbonyl (C=O) groups is 2. The average Bonchev–Trinajstić information content (AvgIpc) is 2.57. The van der Waals surface area contributed by atoms with E-state index in [0.717, 1.165) is 31.4 Å². The van der Waals surface area contributed by atoms with Crippen LogP contribution in [0.5, 0.6) is 0 Å². The van der Waals surface area contributed by atoms with Crippen molar-refractivity contribution in [3.63, 3.8) is 0 Å². The molecular weight excluding hydrogens is 372 g/mol. The van der Waals surface area contributed by atoms with Crippen LogP contribution < -0.4 is 10.6 Å². The summed E-state index contributed by atoms with van der Waals surface area (Å²) in [7, 11) is 0. The number of carbonyl (C=O) groups excluding carboxylic acids is 1. The first kappa shape index (κ1) is 28.5. The zero-order chi connectivity index (χ0) is 20.7. The molecule has 0 aromatic heterocycles. The molecule has 0 fully saturated rings. The molecule has 162 valence electrons. The Bertz CT molecular complexity index is 550. The summed E-state index contributed by atoms with van der Waals surface area (Å²) in [6, 6.07) is -1.31. The summed E-state index contributed by atoms with van der Waals surface area (Å²) < 4.78 is 0. The van der Waals surface area contributed by atoms with Crippen molar-refractivity contribution < 1.29 is 14.7 Å². The number of hydrogen-bond donors (Lipinski definition) is 3. The van der Waals surface area contributed by atoms with Crippen molar-refractivity contribution in [2.45, 2.75) is 73.8 Å². The maximum absolute atomic E-state index is 11.5. The molecule has 0 aliphatic rings. The molecule has 6 heteroatoms. The van der Waals surface area contributed by atoms with Gasteiger partial charge in [-0.3, -0.25) is 0 Å². The molecule has 0 unspecified atom stereocenters. The summed E-state index contributed by atoms with van der Waals surface area (Å²) in [4.78, 5) is 22.7. The largest absolute Gasteiger partial charge is 0.480 e. The Morgan fingerprint density at radius 2 is 1.57 bits per heavy atom. The van der Waals surface area contributed by atoms with Gasteiger partial charge in [0.15, 0.2) is 0 Å². The number of urea groups is 1. The summed E-state index contributed by atoms with van der Waals surface area (Å²) in [6.45, 7) is 10.8. The lowest BCUT2D eigenvalue weighted by molar-refractivity contribution is -0.138. The second-order valence-electron chi connectivity index (χ2n) is 6.89. The van der Waals surface area contributed by atoms with Crippen LogP contribution in [-0.2, 0) is 4.79 Å². The quantitative estimate of drug-likeness (QED) is 0.274. The number of carboxylic acid groups (broad SMARTS) is 1. The zero-order valence-corrected chi connectivity index (χ0v) is 18.2. The molecule has 0 radical (unpaired) electrons. The van der Waals surface area contributed by atoms with Crippen LogP contribution in [0.3, 0.4) is 0 Å². The monoisotopic (exact) mass is 412 g/mol. The second kappa shape index (κ2) is 17.4. The maximum atomic E-state index is 11.5. The molecule has 0 rings (SSSR count). The van der Waals surface area contributed by atoms with Gasteiger partial charge in [-0.15, -0.1) is 0 Å². The van der Waals surface area contributed by atoms with Crippen LogP contribution in [0.4, 0.5) is 4.79 Å². The maximum Gasteiger partial charge on any atom is 0.327 e. The fraction of sp³-hybridized carbons (Fsp3) is 0.636. The first-order valence-corrected chi connectivity index (χ1v) is 10.7. The van der Waals surface area contributed by atoms with Crippen LogP contribution in [0, 0.1) is 0 Å². The predicted octanol–water partition coefficient (Wildman–Crippen LogP) is 5.55. The van der Waals surface area contributed by atoms with E-state index in [0.29, 0.717) is 12.3 Å². The van der Waals surface area contributed by atoms with Crippen molar-refractivity contribution in [1.82, 2.24) is 10.6 Å². The lowest BCUT2D eigenvalue weighted by Gasteiger charge is -2.14. The van der Waals surface area contributed by atoms with E-state index in [4.69, 9.17) is 0 Å². The molecule has 0 aromatic rings. The molecule has 0 aromatic carbocycles. The fourth-order valence-electron chi connectivity index (χ4n) is 2.27. The summed E-state index contributed by atoms with van der Waals surface area (Å²) in [5, 5.41) is 14.2. The van der Waals surface area contributed by atoms with E-state index >= 15 is 0 Å². The number of thioether (sulfide) groups is 1. The van der Waals surface area contributed by atoms with Crippen LogP contribution >= 0.6 is 11.8 Å². The highest BCUT2D eigenvalue weighted by Gasteiger charge is 2.19. The molecule has 0 spiro atoms. The minimum atomic E-state index is -1.01. The summed E-state index contributed by atoms with van der Waals surface area (Å²) >= 11 is 1.51. The van der Waals surface area contributed by atoms with E-state index in [1.807, 2.05) is 0 Å². The molecule has 0 saturated carbocycles. The highest BCUT2D eigenvalue weighted by atomic mass is 32.2. The fourth-order valence-corrected chi connectivity index (χ4v) is 3.27. The molecule has 5 nitrogen and oxygen atoms in total. The third kappa shape index (κ3) is 16.5. The Kier molecular flexibility index (Phi) is 17.7. The van der Waals surface area contributed by atoms with Gasteiger partial charge in [0.2, 0.25) is 0 Å². The lowest BCUT2D eigenvalue weighted by Crippen LogP contribution is -2.47. The smallest absolute Gasteiger partial charge is 0.327 e. The van der Waals surface area contributed by atoms with Crippen molar-refractivity contribution in [3.8, 4) is 0 Å². The van der Waals surface area contributed by atoms with Gasteiger partial charge in [-0.25, -0.2) is 9.59 Å².